The molecule has 0 bridgehead atoms. The monoisotopic (exact) mass is 263 g/mol. The molecular formula is C9H14ClN3O2S. The van der Waals surface area contributed by atoms with E-state index < -0.39 is 10.0 Å². The highest BCUT2D eigenvalue weighted by Gasteiger charge is 2.12. The minimum atomic E-state index is -3.36. The van der Waals surface area contributed by atoms with Crippen molar-refractivity contribution in [3.8, 4) is 0 Å². The minimum Gasteiger partial charge on any atom is -0.266 e. The van der Waals surface area contributed by atoms with E-state index in [1.165, 1.54) is 12.4 Å². The molecule has 0 aliphatic carbocycles. The largest absolute Gasteiger partial charge is 0.266 e. The molecule has 0 aliphatic rings. The maximum Gasteiger partial charge on any atom is 0.233 e. The van der Waals surface area contributed by atoms with Crippen molar-refractivity contribution >= 4 is 27.4 Å². The fourth-order valence-electron chi connectivity index (χ4n) is 0.993. The lowest BCUT2D eigenvalue weighted by Crippen LogP contribution is -2.18. The maximum atomic E-state index is 11.6. The van der Waals surface area contributed by atoms with Crippen LogP contribution >= 0.6 is 11.6 Å². The van der Waals surface area contributed by atoms with E-state index in [0.717, 1.165) is 0 Å². The summed E-state index contributed by atoms with van der Waals surface area (Å²) in [7, 11) is -3.36. The molecule has 0 unspecified atom stereocenters. The van der Waals surface area contributed by atoms with Gasteiger partial charge in [0.2, 0.25) is 10.0 Å². The third-order valence-electron chi connectivity index (χ3n) is 1.83. The lowest BCUT2D eigenvalue weighted by atomic mass is 10.2. The number of nitrogens with one attached hydrogen (secondary N) is 1. The lowest BCUT2D eigenvalue weighted by molar-refractivity contribution is 0.578. The van der Waals surface area contributed by atoms with Crippen LogP contribution in [0.1, 0.15) is 20.3 Å². The molecule has 0 amide bonds. The third-order valence-corrected chi connectivity index (χ3v) is 3.30. The van der Waals surface area contributed by atoms with Crippen LogP contribution in [0.25, 0.3) is 0 Å². The van der Waals surface area contributed by atoms with Gasteiger partial charge in [0.25, 0.3) is 0 Å². The molecule has 7 heteroatoms. The number of hydrogen-bond acceptors (Lipinski definition) is 4. The first-order chi connectivity index (χ1) is 7.39. The lowest BCUT2D eigenvalue weighted by Gasteiger charge is -2.08. The van der Waals surface area contributed by atoms with Gasteiger partial charge in [-0.2, -0.15) is 0 Å². The first kappa shape index (κ1) is 13.2. The van der Waals surface area contributed by atoms with E-state index >= 15 is 0 Å². The Bertz CT molecular complexity index is 448. The van der Waals surface area contributed by atoms with Crippen LogP contribution in [0.2, 0.25) is 5.15 Å². The molecule has 0 spiro atoms. The molecule has 1 heterocycles. The van der Waals surface area contributed by atoms with Crippen LogP contribution in [0.15, 0.2) is 12.4 Å². The fraction of sp³-hybridized carbons (Fsp3) is 0.556. The van der Waals surface area contributed by atoms with E-state index in [4.69, 9.17) is 11.6 Å². The molecule has 1 aromatic rings. The molecule has 0 fully saturated rings. The van der Waals surface area contributed by atoms with Gasteiger partial charge in [-0.15, -0.1) is 0 Å². The summed E-state index contributed by atoms with van der Waals surface area (Å²) >= 11 is 5.59. The third kappa shape index (κ3) is 4.76. The molecule has 0 saturated heterocycles. The van der Waals surface area contributed by atoms with Gasteiger partial charge in [-0.25, -0.2) is 13.4 Å². The van der Waals surface area contributed by atoms with Crippen LogP contribution in [0.4, 0.5) is 5.82 Å². The molecule has 16 heavy (non-hydrogen) atoms. The average Bonchev–Trinajstić information content (AvgIpc) is 2.14. The van der Waals surface area contributed by atoms with Gasteiger partial charge in [0.05, 0.1) is 18.1 Å². The summed E-state index contributed by atoms with van der Waals surface area (Å²) in [5.74, 6) is 0.553. The Labute approximate surface area is 100 Å². The fourth-order valence-corrected chi connectivity index (χ4v) is 2.44. The Kier molecular flexibility index (Phi) is 4.49. The van der Waals surface area contributed by atoms with Gasteiger partial charge < -0.3 is 0 Å². The van der Waals surface area contributed by atoms with E-state index in [9.17, 15) is 8.42 Å². The predicted molar refractivity (Wildman–Crippen MR) is 63.9 cm³/mol. The van der Waals surface area contributed by atoms with Crippen molar-refractivity contribution in [2.45, 2.75) is 20.3 Å². The van der Waals surface area contributed by atoms with Gasteiger partial charge in [-0.3, -0.25) is 9.71 Å². The van der Waals surface area contributed by atoms with Gasteiger partial charge in [0, 0.05) is 0 Å². The number of hydrogen-bond donors (Lipinski definition) is 1. The summed E-state index contributed by atoms with van der Waals surface area (Å²) < 4.78 is 25.5. The molecule has 90 valence electrons. The van der Waals surface area contributed by atoms with Gasteiger partial charge in [0.1, 0.15) is 5.15 Å². The van der Waals surface area contributed by atoms with Crippen LogP contribution in [0, 0.1) is 5.92 Å². The van der Waals surface area contributed by atoms with Gasteiger partial charge in [-0.05, 0) is 12.3 Å². The first-order valence-corrected chi connectivity index (χ1v) is 6.90. The number of halogens is 1. The van der Waals surface area contributed by atoms with E-state index in [2.05, 4.69) is 14.7 Å². The van der Waals surface area contributed by atoms with Gasteiger partial charge in [-0.1, -0.05) is 25.4 Å². The highest BCUT2D eigenvalue weighted by molar-refractivity contribution is 7.92. The summed E-state index contributed by atoms with van der Waals surface area (Å²) in [6.07, 6.45) is 3.26. The number of sulfonamides is 1. The van der Waals surface area contributed by atoms with E-state index in [0.29, 0.717) is 12.3 Å². The van der Waals surface area contributed by atoms with Crippen molar-refractivity contribution in [1.82, 2.24) is 9.97 Å². The summed E-state index contributed by atoms with van der Waals surface area (Å²) in [6.45, 7) is 3.93. The highest BCUT2D eigenvalue weighted by atomic mass is 35.5. The molecular weight excluding hydrogens is 250 g/mol. The zero-order valence-corrected chi connectivity index (χ0v) is 10.7. The minimum absolute atomic E-state index is 0.0683. The Morgan fingerprint density at radius 1 is 1.44 bits per heavy atom. The molecule has 5 nitrogen and oxygen atoms in total. The van der Waals surface area contributed by atoms with E-state index in [1.807, 2.05) is 13.8 Å². The van der Waals surface area contributed by atoms with Crippen molar-refractivity contribution in [3.63, 3.8) is 0 Å². The predicted octanol–water partition coefficient (Wildman–Crippen LogP) is 1.92. The topological polar surface area (TPSA) is 72.0 Å². The zero-order valence-electron chi connectivity index (χ0n) is 9.14. The molecule has 0 atom stereocenters. The summed E-state index contributed by atoms with van der Waals surface area (Å²) in [5.41, 5.74) is 0. The number of anilines is 1. The smallest absolute Gasteiger partial charge is 0.233 e. The van der Waals surface area contributed by atoms with E-state index in [-0.39, 0.29) is 16.7 Å². The molecule has 1 aromatic heterocycles. The molecule has 0 aliphatic heterocycles. The first-order valence-electron chi connectivity index (χ1n) is 4.87. The summed E-state index contributed by atoms with van der Waals surface area (Å²) in [4.78, 5) is 7.54. The quantitative estimate of drug-likeness (QED) is 0.881. The van der Waals surface area contributed by atoms with Crippen molar-refractivity contribution in [3.05, 3.63) is 17.5 Å². The number of nitrogens with zero attached hydrogens (tertiary/aromatic N) is 2. The van der Waals surface area contributed by atoms with E-state index in [1.54, 1.807) is 0 Å². The van der Waals surface area contributed by atoms with Crippen LogP contribution in [-0.4, -0.2) is 24.1 Å². The Morgan fingerprint density at radius 3 is 2.69 bits per heavy atom. The molecule has 1 N–H and O–H groups in total. The van der Waals surface area contributed by atoms with Crippen molar-refractivity contribution in [2.24, 2.45) is 5.92 Å². The van der Waals surface area contributed by atoms with Crippen LogP contribution in [0.5, 0.6) is 0 Å². The Balaban J connectivity index is 2.66. The summed E-state index contributed by atoms with van der Waals surface area (Å²) in [5, 5.41) is 0.157. The molecule has 0 aromatic carbocycles. The van der Waals surface area contributed by atoms with Crippen LogP contribution < -0.4 is 4.72 Å². The van der Waals surface area contributed by atoms with Crippen LogP contribution in [0.3, 0.4) is 0 Å². The Hall–Kier alpha value is -0.880. The number of aromatic nitrogens is 2. The molecule has 1 rings (SSSR count). The maximum absolute atomic E-state index is 11.6. The summed E-state index contributed by atoms with van der Waals surface area (Å²) in [6, 6.07) is 0. The molecule has 0 radical (unpaired) electrons. The van der Waals surface area contributed by atoms with Crippen molar-refractivity contribution in [1.29, 1.82) is 0 Å². The second-order valence-corrected chi connectivity index (χ2v) is 6.06. The van der Waals surface area contributed by atoms with Gasteiger partial charge in [0.15, 0.2) is 5.82 Å². The standard InChI is InChI=1S/C9H14ClN3O2S/c1-7(2)3-4-16(14,15)13-9-6-11-5-8(10)12-9/h5-7H,3-4H2,1-2H3,(H,12,13). The highest BCUT2D eigenvalue weighted by Crippen LogP contribution is 2.10. The molecule has 0 saturated carbocycles. The second-order valence-electron chi connectivity index (χ2n) is 3.83. The SMILES string of the molecule is CC(C)CCS(=O)(=O)Nc1cncc(Cl)n1. The number of rotatable bonds is 5. The van der Waals surface area contributed by atoms with Crippen LogP contribution in [-0.2, 0) is 10.0 Å². The zero-order chi connectivity index (χ0) is 12.2. The second kappa shape index (κ2) is 5.45. The average molecular weight is 264 g/mol. The normalized spacial score (nSPS) is 11.8. The Morgan fingerprint density at radius 2 is 2.12 bits per heavy atom. The van der Waals surface area contributed by atoms with Gasteiger partial charge >= 0.3 is 0 Å². The van der Waals surface area contributed by atoms with Crippen molar-refractivity contribution in [2.75, 3.05) is 10.5 Å². The van der Waals surface area contributed by atoms with Crippen molar-refractivity contribution < 1.29 is 8.42 Å².